The zero-order chi connectivity index (χ0) is 12.1. The molecule has 4 atom stereocenters. The van der Waals surface area contributed by atoms with E-state index in [2.05, 4.69) is 19.2 Å². The normalized spacial score (nSPS) is 39.2. The average molecular weight is 237 g/mol. The predicted molar refractivity (Wildman–Crippen MR) is 75.2 cm³/mol. The second-order valence-electron chi connectivity index (χ2n) is 6.30. The molecule has 2 rings (SSSR count). The Morgan fingerprint density at radius 1 is 0.941 bits per heavy atom. The Morgan fingerprint density at radius 2 is 1.76 bits per heavy atom. The van der Waals surface area contributed by atoms with Gasteiger partial charge in [0.2, 0.25) is 0 Å². The van der Waals surface area contributed by atoms with E-state index in [1.165, 1.54) is 57.8 Å². The number of hydrogen-bond donors (Lipinski definition) is 1. The second-order valence-corrected chi connectivity index (χ2v) is 6.30. The van der Waals surface area contributed by atoms with Gasteiger partial charge < -0.3 is 5.32 Å². The van der Waals surface area contributed by atoms with Gasteiger partial charge in [0.1, 0.15) is 0 Å². The van der Waals surface area contributed by atoms with Gasteiger partial charge in [-0.05, 0) is 43.6 Å². The van der Waals surface area contributed by atoms with Gasteiger partial charge in [-0.2, -0.15) is 0 Å². The summed E-state index contributed by atoms with van der Waals surface area (Å²) in [5, 5.41) is 3.69. The molecule has 0 aliphatic heterocycles. The molecule has 17 heavy (non-hydrogen) atoms. The first-order valence-corrected chi connectivity index (χ1v) is 8.08. The Morgan fingerprint density at radius 3 is 2.53 bits per heavy atom. The van der Waals surface area contributed by atoms with E-state index in [9.17, 15) is 0 Å². The molecule has 0 amide bonds. The van der Waals surface area contributed by atoms with Gasteiger partial charge in [0.25, 0.3) is 0 Å². The van der Waals surface area contributed by atoms with E-state index in [-0.39, 0.29) is 0 Å². The Balaban J connectivity index is 1.90. The first-order chi connectivity index (χ1) is 8.35. The molecular weight excluding hydrogens is 206 g/mol. The summed E-state index contributed by atoms with van der Waals surface area (Å²) >= 11 is 0. The highest BCUT2D eigenvalue weighted by molar-refractivity contribution is 4.86. The van der Waals surface area contributed by atoms with Crippen LogP contribution in [0.1, 0.15) is 71.6 Å². The minimum atomic E-state index is 0.832. The van der Waals surface area contributed by atoms with Crippen molar-refractivity contribution >= 4 is 0 Å². The molecular formula is C16H31N. The van der Waals surface area contributed by atoms with E-state index < -0.39 is 0 Å². The van der Waals surface area contributed by atoms with Gasteiger partial charge >= 0.3 is 0 Å². The van der Waals surface area contributed by atoms with Crippen molar-refractivity contribution in [2.45, 2.75) is 77.7 Å². The zero-order valence-electron chi connectivity index (χ0n) is 11.9. The van der Waals surface area contributed by atoms with Crippen molar-refractivity contribution in [1.82, 2.24) is 5.32 Å². The number of nitrogens with one attached hydrogen (secondary N) is 1. The molecule has 1 heteroatoms. The smallest absolute Gasteiger partial charge is 0.00696 e. The van der Waals surface area contributed by atoms with Crippen molar-refractivity contribution in [3.05, 3.63) is 0 Å². The summed E-state index contributed by atoms with van der Waals surface area (Å²) < 4.78 is 0. The summed E-state index contributed by atoms with van der Waals surface area (Å²) in [6.07, 6.45) is 13.3. The van der Waals surface area contributed by atoms with Crippen LogP contribution in [0.4, 0.5) is 0 Å². The number of hydrogen-bond acceptors (Lipinski definition) is 1. The molecule has 2 fully saturated rings. The molecule has 0 radical (unpaired) electrons. The van der Waals surface area contributed by atoms with Crippen LogP contribution in [0.15, 0.2) is 0 Å². The molecule has 100 valence electrons. The summed E-state index contributed by atoms with van der Waals surface area (Å²) in [5.41, 5.74) is 0. The first-order valence-electron chi connectivity index (χ1n) is 8.08. The van der Waals surface area contributed by atoms with Gasteiger partial charge in [0.05, 0.1) is 0 Å². The summed E-state index contributed by atoms with van der Waals surface area (Å²) in [6, 6.07) is 0.832. The van der Waals surface area contributed by atoms with Crippen LogP contribution in [0.3, 0.4) is 0 Å². The molecule has 0 bridgehead atoms. The molecule has 0 saturated heterocycles. The average Bonchev–Trinajstić information content (AvgIpc) is 2.39. The van der Waals surface area contributed by atoms with Crippen LogP contribution in [-0.4, -0.2) is 12.6 Å². The SMILES string of the molecule is CCNC1CCCC(C2CCCCC2CC)C1. The molecule has 0 heterocycles. The molecule has 4 unspecified atom stereocenters. The van der Waals surface area contributed by atoms with Crippen LogP contribution < -0.4 is 5.32 Å². The van der Waals surface area contributed by atoms with Gasteiger partial charge in [-0.15, -0.1) is 0 Å². The van der Waals surface area contributed by atoms with Crippen molar-refractivity contribution in [3.8, 4) is 0 Å². The fourth-order valence-electron chi connectivity index (χ4n) is 4.45. The Labute approximate surface area is 108 Å². The highest BCUT2D eigenvalue weighted by atomic mass is 14.9. The lowest BCUT2D eigenvalue weighted by molar-refractivity contribution is 0.113. The topological polar surface area (TPSA) is 12.0 Å². The van der Waals surface area contributed by atoms with Crippen LogP contribution in [0.2, 0.25) is 0 Å². The molecule has 0 aromatic heterocycles. The van der Waals surface area contributed by atoms with Crippen LogP contribution in [-0.2, 0) is 0 Å². The maximum Gasteiger partial charge on any atom is 0.00696 e. The summed E-state index contributed by atoms with van der Waals surface area (Å²) in [4.78, 5) is 0. The highest BCUT2D eigenvalue weighted by Gasteiger charge is 2.33. The van der Waals surface area contributed by atoms with Crippen molar-refractivity contribution in [2.75, 3.05) is 6.54 Å². The fraction of sp³-hybridized carbons (Fsp3) is 1.00. The van der Waals surface area contributed by atoms with Crippen LogP contribution >= 0.6 is 0 Å². The fourth-order valence-corrected chi connectivity index (χ4v) is 4.45. The quantitative estimate of drug-likeness (QED) is 0.765. The number of rotatable bonds is 4. The predicted octanol–water partition coefficient (Wildman–Crippen LogP) is 4.37. The van der Waals surface area contributed by atoms with Crippen molar-refractivity contribution in [1.29, 1.82) is 0 Å². The summed E-state index contributed by atoms with van der Waals surface area (Å²) in [5.74, 6) is 3.15. The maximum absolute atomic E-state index is 3.69. The Bertz CT molecular complexity index is 212. The molecule has 2 saturated carbocycles. The lowest BCUT2D eigenvalue weighted by Crippen LogP contribution is -2.38. The van der Waals surface area contributed by atoms with Gasteiger partial charge in [0, 0.05) is 6.04 Å². The highest BCUT2D eigenvalue weighted by Crippen LogP contribution is 2.42. The van der Waals surface area contributed by atoms with Gasteiger partial charge in [-0.25, -0.2) is 0 Å². The molecule has 2 aliphatic rings. The maximum atomic E-state index is 3.69. The van der Waals surface area contributed by atoms with Crippen LogP contribution in [0, 0.1) is 17.8 Å². The Kier molecular flexibility index (Phi) is 5.34. The first kappa shape index (κ1) is 13.4. The largest absolute Gasteiger partial charge is 0.314 e. The third-order valence-corrected chi connectivity index (χ3v) is 5.31. The van der Waals surface area contributed by atoms with Crippen molar-refractivity contribution in [3.63, 3.8) is 0 Å². The molecule has 2 aliphatic carbocycles. The third-order valence-electron chi connectivity index (χ3n) is 5.31. The monoisotopic (exact) mass is 237 g/mol. The van der Waals surface area contributed by atoms with E-state index in [0.29, 0.717) is 0 Å². The van der Waals surface area contributed by atoms with E-state index in [4.69, 9.17) is 0 Å². The third kappa shape index (κ3) is 3.47. The molecule has 0 aromatic rings. The van der Waals surface area contributed by atoms with Gasteiger partial charge in [0.15, 0.2) is 0 Å². The van der Waals surface area contributed by atoms with Crippen LogP contribution in [0.25, 0.3) is 0 Å². The molecule has 0 aromatic carbocycles. The van der Waals surface area contributed by atoms with E-state index >= 15 is 0 Å². The zero-order valence-corrected chi connectivity index (χ0v) is 11.9. The van der Waals surface area contributed by atoms with Gasteiger partial charge in [-0.3, -0.25) is 0 Å². The van der Waals surface area contributed by atoms with E-state index in [1.54, 1.807) is 0 Å². The van der Waals surface area contributed by atoms with Crippen LogP contribution in [0.5, 0.6) is 0 Å². The summed E-state index contributed by atoms with van der Waals surface area (Å²) in [6.45, 7) is 5.81. The van der Waals surface area contributed by atoms with E-state index in [1.807, 2.05) is 0 Å². The Hall–Kier alpha value is -0.0400. The lowest BCUT2D eigenvalue weighted by Gasteiger charge is -2.41. The molecule has 0 spiro atoms. The van der Waals surface area contributed by atoms with Crippen molar-refractivity contribution < 1.29 is 0 Å². The van der Waals surface area contributed by atoms with Crippen molar-refractivity contribution in [2.24, 2.45) is 17.8 Å². The lowest BCUT2D eigenvalue weighted by atomic mass is 9.66. The second kappa shape index (κ2) is 6.78. The summed E-state index contributed by atoms with van der Waals surface area (Å²) in [7, 11) is 0. The van der Waals surface area contributed by atoms with E-state index in [0.717, 1.165) is 30.3 Å². The minimum Gasteiger partial charge on any atom is -0.314 e. The molecule has 1 N–H and O–H groups in total. The molecule has 1 nitrogen and oxygen atoms in total. The van der Waals surface area contributed by atoms with Gasteiger partial charge in [-0.1, -0.05) is 52.4 Å². The minimum absolute atomic E-state index is 0.832. The standard InChI is InChI=1S/C16H31N/c1-3-13-8-5-6-11-16(13)14-9-7-10-15(12-14)17-4-2/h13-17H,3-12H2,1-2H3.